The number of hydrogen-bond donors (Lipinski definition) is 0. The van der Waals surface area contributed by atoms with Crippen LogP contribution in [0.2, 0.25) is 0 Å². The zero-order chi connectivity index (χ0) is 18.1. The van der Waals surface area contributed by atoms with Crippen molar-refractivity contribution >= 4 is 30.5 Å². The molecule has 0 bridgehead atoms. The number of hydrogen-bond acceptors (Lipinski definition) is 2. The SMILES string of the molecule is CN(C)POc1ccc2ccccc2c1-c1c([OH2+])ccc2ccccc12. The van der Waals surface area contributed by atoms with Gasteiger partial charge in [0.15, 0.2) is 0 Å². The van der Waals surface area contributed by atoms with E-state index in [0.29, 0.717) is 5.75 Å². The standard InChI is InChI=1S/C22H20NO2P/c1-23(2)26-25-20-14-12-16-8-4-6-10-18(16)22(20)21-17-9-5-3-7-15(17)11-13-19(21)24/h3-14,24,26H,1-2H3/p+1. The molecule has 2 N–H and O–H groups in total. The summed E-state index contributed by atoms with van der Waals surface area (Å²) in [6.45, 7) is 0. The van der Waals surface area contributed by atoms with Gasteiger partial charge in [-0.05, 0) is 47.8 Å². The number of rotatable bonds is 4. The summed E-state index contributed by atoms with van der Waals surface area (Å²) in [6.07, 6.45) is 0. The zero-order valence-electron chi connectivity index (χ0n) is 14.8. The minimum absolute atomic E-state index is 0.224. The van der Waals surface area contributed by atoms with E-state index in [-0.39, 0.29) is 8.96 Å². The van der Waals surface area contributed by atoms with E-state index in [2.05, 4.69) is 30.3 Å². The van der Waals surface area contributed by atoms with E-state index >= 15 is 0 Å². The first kappa shape index (κ1) is 16.8. The van der Waals surface area contributed by atoms with E-state index in [1.807, 2.05) is 61.2 Å². The molecule has 0 heterocycles. The van der Waals surface area contributed by atoms with E-state index < -0.39 is 0 Å². The Kier molecular flexibility index (Phi) is 4.50. The molecular weight excluding hydrogens is 341 g/mol. The van der Waals surface area contributed by atoms with Crippen LogP contribution in [0.15, 0.2) is 72.8 Å². The van der Waals surface area contributed by atoms with Gasteiger partial charge in [-0.25, -0.2) is 0 Å². The molecule has 0 radical (unpaired) electrons. The fourth-order valence-corrected chi connectivity index (χ4v) is 3.73. The Morgan fingerprint density at radius 2 is 1.31 bits per heavy atom. The summed E-state index contributed by atoms with van der Waals surface area (Å²) in [5.74, 6) is 1.33. The van der Waals surface area contributed by atoms with Gasteiger partial charge < -0.3 is 9.63 Å². The maximum absolute atomic E-state index is 8.62. The Morgan fingerprint density at radius 3 is 1.96 bits per heavy atom. The van der Waals surface area contributed by atoms with E-state index in [1.165, 1.54) is 0 Å². The lowest BCUT2D eigenvalue weighted by atomic mass is 9.92. The molecule has 1 atom stereocenters. The van der Waals surface area contributed by atoms with Crippen molar-refractivity contribution in [3.8, 4) is 22.6 Å². The highest BCUT2D eigenvalue weighted by atomic mass is 31.1. The third-order valence-corrected chi connectivity index (χ3v) is 5.08. The van der Waals surface area contributed by atoms with Crippen molar-refractivity contribution in [3.63, 3.8) is 0 Å². The van der Waals surface area contributed by atoms with Crippen molar-refractivity contribution in [2.45, 2.75) is 0 Å². The van der Waals surface area contributed by atoms with Crippen molar-refractivity contribution < 1.29 is 9.63 Å². The van der Waals surface area contributed by atoms with E-state index in [1.54, 1.807) is 0 Å². The molecule has 0 aliphatic carbocycles. The first-order valence-corrected chi connectivity index (χ1v) is 9.36. The van der Waals surface area contributed by atoms with Gasteiger partial charge in [0.1, 0.15) is 14.7 Å². The molecular formula is C22H21NO2P+. The van der Waals surface area contributed by atoms with Crippen LogP contribution in [0.3, 0.4) is 0 Å². The van der Waals surface area contributed by atoms with Gasteiger partial charge in [0, 0.05) is 11.6 Å². The molecule has 26 heavy (non-hydrogen) atoms. The molecule has 130 valence electrons. The van der Waals surface area contributed by atoms with Crippen LogP contribution in [0.1, 0.15) is 0 Å². The van der Waals surface area contributed by atoms with Gasteiger partial charge in [0.25, 0.3) is 5.75 Å². The van der Waals surface area contributed by atoms with Gasteiger partial charge in [-0.15, -0.1) is 0 Å². The van der Waals surface area contributed by atoms with Crippen LogP contribution >= 0.6 is 8.96 Å². The van der Waals surface area contributed by atoms with Crippen LogP contribution in [0, 0.1) is 0 Å². The lowest BCUT2D eigenvalue weighted by Gasteiger charge is -2.17. The molecule has 0 fully saturated rings. The van der Waals surface area contributed by atoms with Crippen LogP contribution in [0.4, 0.5) is 0 Å². The van der Waals surface area contributed by atoms with Crippen molar-refractivity contribution in [2.75, 3.05) is 14.1 Å². The fourth-order valence-electron chi connectivity index (χ4n) is 3.28. The molecule has 4 aromatic rings. The highest BCUT2D eigenvalue weighted by Gasteiger charge is 2.20. The molecule has 0 amide bonds. The summed E-state index contributed by atoms with van der Waals surface area (Å²) in [5.41, 5.74) is 1.93. The summed E-state index contributed by atoms with van der Waals surface area (Å²) in [6, 6.07) is 24.5. The minimum atomic E-state index is 0.224. The molecule has 0 saturated carbocycles. The van der Waals surface area contributed by atoms with Crippen LogP contribution in [0.25, 0.3) is 32.7 Å². The monoisotopic (exact) mass is 362 g/mol. The Labute approximate surface area is 154 Å². The number of nitrogens with zero attached hydrogens (tertiary/aromatic N) is 1. The molecule has 4 aromatic carbocycles. The summed E-state index contributed by atoms with van der Waals surface area (Å²) in [5, 5.41) is 13.1. The van der Waals surface area contributed by atoms with Gasteiger partial charge in [0.2, 0.25) is 0 Å². The first-order chi connectivity index (χ1) is 12.6. The molecule has 0 aliphatic heterocycles. The average molecular weight is 362 g/mol. The molecule has 0 saturated heterocycles. The van der Waals surface area contributed by atoms with Gasteiger partial charge in [-0.3, -0.25) is 4.67 Å². The molecule has 4 heteroatoms. The van der Waals surface area contributed by atoms with Crippen LogP contribution in [-0.4, -0.2) is 23.9 Å². The van der Waals surface area contributed by atoms with Gasteiger partial charge in [0.05, 0.1) is 5.56 Å². The number of fused-ring (bicyclic) bond motifs is 2. The second-order valence-electron chi connectivity index (χ2n) is 6.46. The van der Waals surface area contributed by atoms with E-state index in [9.17, 15) is 0 Å². The predicted molar refractivity (Wildman–Crippen MR) is 113 cm³/mol. The first-order valence-electron chi connectivity index (χ1n) is 8.50. The zero-order valence-corrected chi connectivity index (χ0v) is 15.8. The van der Waals surface area contributed by atoms with Gasteiger partial charge >= 0.3 is 0 Å². The van der Waals surface area contributed by atoms with Crippen LogP contribution in [-0.2, 0) is 0 Å². The van der Waals surface area contributed by atoms with E-state index in [0.717, 1.165) is 38.4 Å². The lowest BCUT2D eigenvalue weighted by molar-refractivity contribution is 0.477. The topological polar surface area (TPSA) is 35.4 Å². The Balaban J connectivity index is 2.07. The normalized spacial score (nSPS) is 11.8. The second kappa shape index (κ2) is 6.95. The van der Waals surface area contributed by atoms with Crippen molar-refractivity contribution in [1.82, 2.24) is 4.67 Å². The Hall–Kier alpha value is -2.61. The molecule has 0 spiro atoms. The van der Waals surface area contributed by atoms with Crippen molar-refractivity contribution in [3.05, 3.63) is 72.8 Å². The Morgan fingerprint density at radius 1 is 0.731 bits per heavy atom. The third kappa shape index (κ3) is 3.01. The largest absolute Gasteiger partial charge is 0.593 e. The maximum Gasteiger partial charge on any atom is 0.262 e. The number of benzene rings is 4. The lowest BCUT2D eigenvalue weighted by Crippen LogP contribution is -2.00. The van der Waals surface area contributed by atoms with Crippen LogP contribution < -0.4 is 4.52 Å². The van der Waals surface area contributed by atoms with Gasteiger partial charge in [-0.1, -0.05) is 54.6 Å². The quantitative estimate of drug-likeness (QED) is 0.353. The van der Waals surface area contributed by atoms with Crippen molar-refractivity contribution in [2.24, 2.45) is 0 Å². The third-order valence-electron chi connectivity index (χ3n) is 4.41. The molecule has 0 aliphatic rings. The highest BCUT2D eigenvalue weighted by Crippen LogP contribution is 2.46. The van der Waals surface area contributed by atoms with Crippen LogP contribution in [0.5, 0.6) is 11.5 Å². The van der Waals surface area contributed by atoms with Crippen molar-refractivity contribution in [1.29, 1.82) is 0 Å². The minimum Gasteiger partial charge on any atom is -0.593 e. The molecule has 0 aromatic heterocycles. The summed E-state index contributed by atoms with van der Waals surface area (Å²) in [4.78, 5) is 0. The summed E-state index contributed by atoms with van der Waals surface area (Å²) < 4.78 is 8.15. The van der Waals surface area contributed by atoms with Gasteiger partial charge in [-0.2, -0.15) is 0 Å². The maximum atomic E-state index is 8.62. The summed E-state index contributed by atoms with van der Waals surface area (Å²) >= 11 is 0. The summed E-state index contributed by atoms with van der Waals surface area (Å²) in [7, 11) is 4.21. The Bertz CT molecular complexity index is 1090. The molecule has 1 unspecified atom stereocenters. The molecule has 3 nitrogen and oxygen atoms in total. The van der Waals surface area contributed by atoms with E-state index in [4.69, 9.17) is 9.63 Å². The smallest absolute Gasteiger partial charge is 0.262 e. The highest BCUT2D eigenvalue weighted by molar-refractivity contribution is 7.29. The predicted octanol–water partition coefficient (Wildman–Crippen LogP) is 5.55. The fraction of sp³-hybridized carbons (Fsp3) is 0.0909. The second-order valence-corrected chi connectivity index (χ2v) is 7.74. The molecule has 4 rings (SSSR count). The average Bonchev–Trinajstić information content (AvgIpc) is 2.66.